The number of anilines is 1. The molecule has 0 atom stereocenters. The number of aromatic nitrogens is 1. The van der Waals surface area contributed by atoms with Crippen LogP contribution in [-0.4, -0.2) is 29.2 Å². The minimum absolute atomic E-state index is 0.0737. The normalized spacial score (nSPS) is 11.5. The number of nitrogens with zero attached hydrogens (tertiary/aromatic N) is 2. The average molecular weight is 501 g/mol. The Labute approximate surface area is 204 Å². The van der Waals surface area contributed by atoms with Gasteiger partial charge in [0.15, 0.2) is 5.13 Å². The van der Waals surface area contributed by atoms with Gasteiger partial charge >= 0.3 is 12.1 Å². The van der Waals surface area contributed by atoms with Crippen LogP contribution in [0.15, 0.2) is 72.8 Å². The van der Waals surface area contributed by atoms with Crippen molar-refractivity contribution in [2.24, 2.45) is 0 Å². The third-order valence-electron chi connectivity index (χ3n) is 5.30. The first-order valence-electron chi connectivity index (χ1n) is 11.0. The van der Waals surface area contributed by atoms with Gasteiger partial charge in [-0.15, -0.1) is 0 Å². The Balaban J connectivity index is 1.44. The maximum atomic E-state index is 12.9. The largest absolute Gasteiger partial charge is 0.494 e. The Hall–Kier alpha value is -3.59. The van der Waals surface area contributed by atoms with Gasteiger partial charge in [-0.05, 0) is 53.9 Å². The number of hydrogen-bond acceptors (Lipinski definition) is 5. The van der Waals surface area contributed by atoms with Gasteiger partial charge in [-0.1, -0.05) is 47.7 Å². The molecule has 5 nitrogen and oxygen atoms in total. The SMILES string of the molecule is O=C(O)Cc1cccc(OCCCN(Cc2ccc(C(F)(F)F)cc2)c2nc3ccccc3s2)c1. The summed E-state index contributed by atoms with van der Waals surface area (Å²) in [6.45, 7) is 1.38. The van der Waals surface area contributed by atoms with Crippen LogP contribution in [0.2, 0.25) is 0 Å². The molecule has 0 aliphatic heterocycles. The van der Waals surface area contributed by atoms with Crippen LogP contribution in [0.5, 0.6) is 5.75 Å². The lowest BCUT2D eigenvalue weighted by molar-refractivity contribution is -0.138. The molecule has 0 amide bonds. The molecule has 0 bridgehead atoms. The Bertz CT molecular complexity index is 1260. The first kappa shape index (κ1) is 24.5. The summed E-state index contributed by atoms with van der Waals surface area (Å²) in [7, 11) is 0. The van der Waals surface area contributed by atoms with Gasteiger partial charge in [-0.2, -0.15) is 13.2 Å². The molecule has 4 rings (SSSR count). The van der Waals surface area contributed by atoms with E-state index in [-0.39, 0.29) is 6.42 Å². The van der Waals surface area contributed by atoms with E-state index in [0.717, 1.165) is 33.0 Å². The van der Waals surface area contributed by atoms with E-state index in [0.29, 0.717) is 37.4 Å². The Kier molecular flexibility index (Phi) is 7.55. The van der Waals surface area contributed by atoms with Gasteiger partial charge in [-0.25, -0.2) is 4.98 Å². The summed E-state index contributed by atoms with van der Waals surface area (Å²) in [5, 5.41) is 9.75. The van der Waals surface area contributed by atoms with Gasteiger partial charge in [0.2, 0.25) is 0 Å². The van der Waals surface area contributed by atoms with Gasteiger partial charge < -0.3 is 14.7 Å². The van der Waals surface area contributed by atoms with Gasteiger partial charge in [0.1, 0.15) is 5.75 Å². The zero-order valence-electron chi connectivity index (χ0n) is 18.7. The summed E-state index contributed by atoms with van der Waals surface area (Å²) in [6.07, 6.45) is -3.81. The number of thiazole rings is 1. The second-order valence-electron chi connectivity index (χ2n) is 8.00. The number of fused-ring (bicyclic) bond motifs is 1. The number of halogens is 3. The minimum atomic E-state index is -4.37. The first-order valence-corrected chi connectivity index (χ1v) is 11.8. The molecule has 1 heterocycles. The molecular formula is C26H23F3N2O3S. The maximum Gasteiger partial charge on any atom is 0.416 e. The van der Waals surface area contributed by atoms with E-state index in [1.165, 1.54) is 23.5 Å². The number of carboxylic acids is 1. The molecule has 0 saturated carbocycles. The number of aliphatic carboxylic acids is 1. The topological polar surface area (TPSA) is 62.7 Å². The summed E-state index contributed by atoms with van der Waals surface area (Å²) in [5.41, 5.74) is 1.61. The number of alkyl halides is 3. The molecule has 0 radical (unpaired) electrons. The minimum Gasteiger partial charge on any atom is -0.494 e. The Morgan fingerprint density at radius 2 is 1.77 bits per heavy atom. The van der Waals surface area contributed by atoms with E-state index in [1.54, 1.807) is 24.3 Å². The molecule has 1 aromatic heterocycles. The zero-order chi connectivity index (χ0) is 24.8. The zero-order valence-corrected chi connectivity index (χ0v) is 19.5. The second kappa shape index (κ2) is 10.8. The molecule has 4 aromatic rings. The molecule has 3 aromatic carbocycles. The van der Waals surface area contributed by atoms with Crippen LogP contribution in [0.25, 0.3) is 10.2 Å². The maximum absolute atomic E-state index is 12.9. The molecule has 9 heteroatoms. The van der Waals surface area contributed by atoms with Crippen LogP contribution in [0.3, 0.4) is 0 Å². The van der Waals surface area contributed by atoms with Crippen molar-refractivity contribution in [3.05, 3.63) is 89.5 Å². The molecule has 0 saturated heterocycles. The highest BCUT2D eigenvalue weighted by Gasteiger charge is 2.30. The van der Waals surface area contributed by atoms with Gasteiger partial charge in [-0.3, -0.25) is 4.79 Å². The van der Waals surface area contributed by atoms with Crippen molar-refractivity contribution in [1.29, 1.82) is 0 Å². The highest BCUT2D eigenvalue weighted by molar-refractivity contribution is 7.22. The highest BCUT2D eigenvalue weighted by atomic mass is 32.1. The lowest BCUT2D eigenvalue weighted by Gasteiger charge is -2.22. The molecule has 35 heavy (non-hydrogen) atoms. The summed E-state index contributed by atoms with van der Waals surface area (Å²) in [5.74, 6) is -0.310. The fourth-order valence-corrected chi connectivity index (χ4v) is 4.61. The van der Waals surface area contributed by atoms with E-state index in [1.807, 2.05) is 29.2 Å². The van der Waals surface area contributed by atoms with Crippen LogP contribution in [0.1, 0.15) is 23.1 Å². The van der Waals surface area contributed by atoms with E-state index < -0.39 is 17.7 Å². The lowest BCUT2D eigenvalue weighted by atomic mass is 10.1. The van der Waals surface area contributed by atoms with Gasteiger partial charge in [0.25, 0.3) is 0 Å². The third kappa shape index (κ3) is 6.73. The van der Waals surface area contributed by atoms with E-state index in [2.05, 4.69) is 0 Å². The lowest BCUT2D eigenvalue weighted by Crippen LogP contribution is -2.25. The summed E-state index contributed by atoms with van der Waals surface area (Å²) < 4.78 is 45.7. The molecule has 0 spiro atoms. The predicted octanol–water partition coefficient (Wildman–Crippen LogP) is 6.42. The number of carbonyl (C=O) groups is 1. The fourth-order valence-electron chi connectivity index (χ4n) is 3.62. The average Bonchev–Trinajstić information content (AvgIpc) is 3.25. The Morgan fingerprint density at radius 3 is 2.49 bits per heavy atom. The molecular weight excluding hydrogens is 477 g/mol. The predicted molar refractivity (Wildman–Crippen MR) is 130 cm³/mol. The van der Waals surface area contributed by atoms with Crippen molar-refractivity contribution in [2.45, 2.75) is 25.6 Å². The molecule has 0 aliphatic carbocycles. The van der Waals surface area contributed by atoms with E-state index in [4.69, 9.17) is 14.8 Å². The number of carboxylic acid groups (broad SMARTS) is 1. The highest BCUT2D eigenvalue weighted by Crippen LogP contribution is 2.31. The van der Waals surface area contributed by atoms with Crippen LogP contribution >= 0.6 is 11.3 Å². The van der Waals surface area contributed by atoms with Crippen LogP contribution in [0.4, 0.5) is 18.3 Å². The molecule has 182 valence electrons. The molecule has 1 N–H and O–H groups in total. The standard InChI is InChI=1S/C26H23F3N2O3S/c27-26(28,29)20-11-9-18(10-12-20)17-31(25-30-22-7-1-2-8-23(22)35-25)13-4-14-34-21-6-3-5-19(15-21)16-24(32)33/h1-3,5-12,15H,4,13-14,16-17H2,(H,32,33). The number of benzene rings is 3. The summed E-state index contributed by atoms with van der Waals surface area (Å²) in [4.78, 5) is 17.7. The smallest absolute Gasteiger partial charge is 0.416 e. The van der Waals surface area contributed by atoms with Crippen molar-refractivity contribution < 1.29 is 27.8 Å². The summed E-state index contributed by atoms with van der Waals surface area (Å²) in [6, 6.07) is 19.9. The number of rotatable bonds is 10. The van der Waals surface area contributed by atoms with Crippen LogP contribution in [-0.2, 0) is 23.9 Å². The molecule has 0 aliphatic rings. The Morgan fingerprint density at radius 1 is 1.00 bits per heavy atom. The quantitative estimate of drug-likeness (QED) is 0.255. The first-order chi connectivity index (χ1) is 16.8. The molecule has 0 fully saturated rings. The van der Waals surface area contributed by atoms with Crippen molar-refractivity contribution in [3.8, 4) is 5.75 Å². The van der Waals surface area contributed by atoms with Crippen molar-refractivity contribution in [1.82, 2.24) is 4.98 Å². The van der Waals surface area contributed by atoms with Gasteiger partial charge in [0, 0.05) is 13.1 Å². The monoisotopic (exact) mass is 500 g/mol. The fraction of sp³-hybridized carbons (Fsp3) is 0.231. The molecule has 0 unspecified atom stereocenters. The van der Waals surface area contributed by atoms with Crippen molar-refractivity contribution >= 4 is 32.7 Å². The number of para-hydroxylation sites is 1. The van der Waals surface area contributed by atoms with Crippen molar-refractivity contribution in [2.75, 3.05) is 18.1 Å². The number of hydrogen-bond donors (Lipinski definition) is 1. The van der Waals surface area contributed by atoms with Crippen LogP contribution in [0, 0.1) is 0 Å². The van der Waals surface area contributed by atoms with Crippen LogP contribution < -0.4 is 9.64 Å². The second-order valence-corrected chi connectivity index (χ2v) is 9.01. The van der Waals surface area contributed by atoms with E-state index >= 15 is 0 Å². The third-order valence-corrected chi connectivity index (χ3v) is 6.40. The van der Waals surface area contributed by atoms with Gasteiger partial charge in [0.05, 0.1) is 28.8 Å². The summed E-state index contributed by atoms with van der Waals surface area (Å²) >= 11 is 1.53. The van der Waals surface area contributed by atoms with Crippen molar-refractivity contribution in [3.63, 3.8) is 0 Å². The van der Waals surface area contributed by atoms with E-state index in [9.17, 15) is 18.0 Å². The number of ether oxygens (including phenoxy) is 1.